The minimum Gasteiger partial charge on any atom is -0.457 e. The molecule has 0 aliphatic rings. The number of allylic oxidation sites excluding steroid dienone is 1. The molecule has 0 N–H and O–H groups in total. The van der Waals surface area contributed by atoms with E-state index >= 15 is 0 Å². The van der Waals surface area contributed by atoms with Crippen molar-refractivity contribution in [3.05, 3.63) is 23.8 Å². The van der Waals surface area contributed by atoms with E-state index in [4.69, 9.17) is 5.26 Å². The van der Waals surface area contributed by atoms with Crippen LogP contribution in [0.3, 0.4) is 0 Å². The maximum atomic E-state index is 10.8. The van der Waals surface area contributed by atoms with Crippen LogP contribution in [0.4, 0.5) is 0 Å². The molecular formula is C9H11NO2. The van der Waals surface area contributed by atoms with Crippen molar-refractivity contribution in [1.29, 1.82) is 5.26 Å². The summed E-state index contributed by atoms with van der Waals surface area (Å²) in [7, 11) is 0. The lowest BCUT2D eigenvalue weighted by Crippen LogP contribution is -2.05. The molecule has 0 aromatic heterocycles. The van der Waals surface area contributed by atoms with Crippen molar-refractivity contribution in [3.63, 3.8) is 0 Å². The third kappa shape index (κ3) is 4.29. The Labute approximate surface area is 71.9 Å². The normalized spacial score (nSPS) is 8.08. The molecule has 12 heavy (non-hydrogen) atoms. The van der Waals surface area contributed by atoms with Crippen LogP contribution in [0.1, 0.15) is 13.8 Å². The van der Waals surface area contributed by atoms with Crippen molar-refractivity contribution < 1.29 is 9.53 Å². The van der Waals surface area contributed by atoms with Crippen molar-refractivity contribution in [2.45, 2.75) is 13.8 Å². The van der Waals surface area contributed by atoms with Gasteiger partial charge in [0.05, 0.1) is 0 Å². The molecule has 0 fully saturated rings. The third-order valence-electron chi connectivity index (χ3n) is 1.09. The summed E-state index contributed by atoms with van der Waals surface area (Å²) >= 11 is 0. The minimum atomic E-state index is -0.657. The zero-order valence-electron chi connectivity index (χ0n) is 7.26. The summed E-state index contributed by atoms with van der Waals surface area (Å²) in [5.74, 6) is -0.657. The second-order valence-electron chi connectivity index (χ2n) is 2.47. The second-order valence-corrected chi connectivity index (χ2v) is 2.47. The van der Waals surface area contributed by atoms with E-state index < -0.39 is 5.97 Å². The molecule has 0 saturated heterocycles. The van der Waals surface area contributed by atoms with Gasteiger partial charge in [-0.3, -0.25) is 0 Å². The van der Waals surface area contributed by atoms with Gasteiger partial charge in [0.15, 0.2) is 0 Å². The molecule has 0 radical (unpaired) electrons. The third-order valence-corrected chi connectivity index (χ3v) is 1.09. The van der Waals surface area contributed by atoms with Gasteiger partial charge in [0, 0.05) is 0 Å². The number of nitrogens with zero attached hydrogens (tertiary/aromatic N) is 1. The van der Waals surface area contributed by atoms with E-state index in [9.17, 15) is 4.79 Å². The largest absolute Gasteiger partial charge is 0.457 e. The van der Waals surface area contributed by atoms with E-state index in [0.717, 1.165) is 5.57 Å². The fourth-order valence-corrected chi connectivity index (χ4v) is 0.417. The molecule has 0 rings (SSSR count). The molecule has 0 aliphatic heterocycles. The highest BCUT2D eigenvalue weighted by Crippen LogP contribution is 1.94. The molecule has 0 spiro atoms. The van der Waals surface area contributed by atoms with E-state index in [1.807, 2.05) is 13.8 Å². The zero-order chi connectivity index (χ0) is 9.56. The van der Waals surface area contributed by atoms with E-state index in [0.29, 0.717) is 0 Å². The summed E-state index contributed by atoms with van der Waals surface area (Å²) in [6.45, 7) is 7.20. The van der Waals surface area contributed by atoms with Gasteiger partial charge in [-0.05, 0) is 19.9 Å². The Morgan fingerprint density at radius 1 is 1.67 bits per heavy atom. The number of nitriles is 1. The van der Waals surface area contributed by atoms with E-state index in [2.05, 4.69) is 11.3 Å². The van der Waals surface area contributed by atoms with Gasteiger partial charge in [-0.2, -0.15) is 5.26 Å². The van der Waals surface area contributed by atoms with Gasteiger partial charge in [0.2, 0.25) is 0 Å². The van der Waals surface area contributed by atoms with Crippen LogP contribution in [0.15, 0.2) is 23.8 Å². The maximum Gasteiger partial charge on any atom is 0.348 e. The lowest BCUT2D eigenvalue weighted by atomic mass is 10.3. The number of esters is 1. The first kappa shape index (κ1) is 10.4. The SMILES string of the molecule is C=C(C#N)C(=O)OCC=C(C)C. The van der Waals surface area contributed by atoms with Crippen molar-refractivity contribution in [1.82, 2.24) is 0 Å². The summed E-state index contributed by atoms with van der Waals surface area (Å²) in [5, 5.41) is 8.25. The van der Waals surface area contributed by atoms with Crippen LogP contribution in [0.2, 0.25) is 0 Å². The molecule has 3 heteroatoms. The number of hydrogen-bond acceptors (Lipinski definition) is 3. The summed E-state index contributed by atoms with van der Waals surface area (Å²) in [4.78, 5) is 10.8. The first-order chi connectivity index (χ1) is 5.57. The number of hydrogen-bond donors (Lipinski definition) is 0. The summed E-state index contributed by atoms with van der Waals surface area (Å²) in [6.07, 6.45) is 1.75. The average Bonchev–Trinajstić information content (AvgIpc) is 2.02. The molecule has 0 bridgehead atoms. The Balaban J connectivity index is 3.83. The van der Waals surface area contributed by atoms with Crippen molar-refractivity contribution in [2.75, 3.05) is 6.61 Å². The van der Waals surface area contributed by atoms with Gasteiger partial charge in [-0.25, -0.2) is 4.79 Å². The summed E-state index contributed by atoms with van der Waals surface area (Å²) in [6, 6.07) is 1.61. The van der Waals surface area contributed by atoms with Crippen molar-refractivity contribution >= 4 is 5.97 Å². The molecule has 0 aromatic rings. The lowest BCUT2D eigenvalue weighted by molar-refractivity contribution is -0.137. The second kappa shape index (κ2) is 5.14. The lowest BCUT2D eigenvalue weighted by Gasteiger charge is -1.98. The van der Waals surface area contributed by atoms with Gasteiger partial charge < -0.3 is 4.74 Å². The highest BCUT2D eigenvalue weighted by Gasteiger charge is 2.04. The van der Waals surface area contributed by atoms with Gasteiger partial charge in [0.1, 0.15) is 18.2 Å². The first-order valence-electron chi connectivity index (χ1n) is 3.47. The Hall–Kier alpha value is -1.56. The van der Waals surface area contributed by atoms with Gasteiger partial charge >= 0.3 is 5.97 Å². The van der Waals surface area contributed by atoms with Gasteiger partial charge in [0.25, 0.3) is 0 Å². The van der Waals surface area contributed by atoms with Crippen LogP contribution in [0.5, 0.6) is 0 Å². The topological polar surface area (TPSA) is 50.1 Å². The van der Waals surface area contributed by atoms with Crippen LogP contribution in [-0.2, 0) is 9.53 Å². The van der Waals surface area contributed by atoms with Crippen LogP contribution in [0, 0.1) is 11.3 Å². The maximum absolute atomic E-state index is 10.8. The fraction of sp³-hybridized carbons (Fsp3) is 0.333. The molecule has 0 amide bonds. The van der Waals surface area contributed by atoms with E-state index in [1.165, 1.54) is 0 Å². The molecule has 64 valence electrons. The smallest absolute Gasteiger partial charge is 0.348 e. The molecule has 0 saturated carbocycles. The monoisotopic (exact) mass is 165 g/mol. The van der Waals surface area contributed by atoms with Gasteiger partial charge in [-0.1, -0.05) is 12.2 Å². The Bertz CT molecular complexity index is 254. The molecular weight excluding hydrogens is 154 g/mol. The van der Waals surface area contributed by atoms with E-state index in [-0.39, 0.29) is 12.2 Å². The molecule has 0 unspecified atom stereocenters. The Morgan fingerprint density at radius 2 is 2.25 bits per heavy atom. The van der Waals surface area contributed by atoms with Crippen molar-refractivity contribution in [2.24, 2.45) is 0 Å². The number of carbonyl (C=O) groups is 1. The predicted octanol–water partition coefficient (Wildman–Crippen LogP) is 1.58. The fourth-order valence-electron chi connectivity index (χ4n) is 0.417. The zero-order valence-corrected chi connectivity index (χ0v) is 7.26. The standard InChI is InChI=1S/C9H11NO2/c1-7(2)4-5-12-9(11)8(3)6-10/h4H,3,5H2,1-2H3. The van der Waals surface area contributed by atoms with Crippen LogP contribution >= 0.6 is 0 Å². The average molecular weight is 165 g/mol. The molecule has 0 aliphatic carbocycles. The molecule has 3 nitrogen and oxygen atoms in total. The van der Waals surface area contributed by atoms with Crippen LogP contribution < -0.4 is 0 Å². The molecule has 0 heterocycles. The highest BCUT2D eigenvalue weighted by molar-refractivity contribution is 5.91. The molecule has 0 aromatic carbocycles. The number of ether oxygens (including phenoxy) is 1. The number of carbonyl (C=O) groups excluding carboxylic acids is 1. The molecule has 0 atom stereocenters. The van der Waals surface area contributed by atoms with Gasteiger partial charge in [-0.15, -0.1) is 0 Å². The Morgan fingerprint density at radius 3 is 2.67 bits per heavy atom. The van der Waals surface area contributed by atoms with Crippen LogP contribution in [-0.4, -0.2) is 12.6 Å². The van der Waals surface area contributed by atoms with E-state index in [1.54, 1.807) is 12.1 Å². The number of rotatable bonds is 3. The Kier molecular flexibility index (Phi) is 4.47. The summed E-state index contributed by atoms with van der Waals surface area (Å²) < 4.78 is 4.67. The summed E-state index contributed by atoms with van der Waals surface area (Å²) in [5.41, 5.74) is 0.891. The van der Waals surface area contributed by atoms with Crippen molar-refractivity contribution in [3.8, 4) is 6.07 Å². The predicted molar refractivity (Wildman–Crippen MR) is 45.1 cm³/mol. The quantitative estimate of drug-likeness (QED) is 0.276. The minimum absolute atomic E-state index is 0.169. The highest BCUT2D eigenvalue weighted by atomic mass is 16.5. The van der Waals surface area contributed by atoms with Crippen LogP contribution in [0.25, 0.3) is 0 Å². The first-order valence-corrected chi connectivity index (χ1v) is 3.47.